The van der Waals surface area contributed by atoms with E-state index in [-0.39, 0.29) is 0 Å². The van der Waals surface area contributed by atoms with E-state index >= 15 is 0 Å². The second-order valence-electron chi connectivity index (χ2n) is 22.7. The molecule has 4 atom stereocenters. The van der Waals surface area contributed by atoms with Crippen molar-refractivity contribution in [1.82, 2.24) is 9.80 Å². The molecule has 0 heterocycles. The van der Waals surface area contributed by atoms with E-state index in [9.17, 15) is 0 Å². The second-order valence-corrected chi connectivity index (χ2v) is 22.7. The minimum absolute atomic E-state index is 0.883. The molecule has 0 N–H and O–H groups in total. The third-order valence-electron chi connectivity index (χ3n) is 19.0. The van der Waals surface area contributed by atoms with E-state index < -0.39 is 0 Å². The fourth-order valence-corrected chi connectivity index (χ4v) is 15.3. The van der Waals surface area contributed by atoms with Crippen molar-refractivity contribution < 1.29 is 0 Å². The Balaban J connectivity index is 0.776. The van der Waals surface area contributed by atoms with Gasteiger partial charge in [-0.05, 0) is 252 Å². The Bertz CT molecular complexity index is 1070. The maximum absolute atomic E-state index is 3.23. The van der Waals surface area contributed by atoms with Gasteiger partial charge in [-0.3, -0.25) is 9.80 Å². The molecule has 8 aliphatic rings. The summed E-state index contributed by atoms with van der Waals surface area (Å²) in [5.41, 5.74) is 0. The maximum atomic E-state index is 3.23. The normalized spacial score (nSPS) is 47.1. The highest BCUT2D eigenvalue weighted by molar-refractivity contribution is 5.01. The Hall–Kier alpha value is -0.340. The van der Waals surface area contributed by atoms with Crippen LogP contribution < -0.4 is 0 Å². The lowest BCUT2D eigenvalue weighted by molar-refractivity contribution is -0.0162. The van der Waals surface area contributed by atoms with Crippen LogP contribution >= 0.6 is 0 Å². The molecular weight excluding hydrogens is 653 g/mol. The summed E-state index contributed by atoms with van der Waals surface area (Å²) in [6.45, 7) is 10.0. The lowest BCUT2D eigenvalue weighted by Crippen LogP contribution is -2.54. The van der Waals surface area contributed by atoms with Gasteiger partial charge in [0.15, 0.2) is 0 Å². The van der Waals surface area contributed by atoms with Gasteiger partial charge in [-0.1, -0.05) is 39.8 Å². The van der Waals surface area contributed by atoms with Gasteiger partial charge in [-0.25, -0.2) is 0 Å². The van der Waals surface area contributed by atoms with Gasteiger partial charge in [0.1, 0.15) is 0 Å². The molecule has 0 spiro atoms. The summed E-state index contributed by atoms with van der Waals surface area (Å²) in [6, 6.07) is 5.43. The molecule has 0 aliphatic heterocycles. The molecule has 308 valence electrons. The van der Waals surface area contributed by atoms with Crippen LogP contribution in [0.1, 0.15) is 220 Å². The zero-order valence-electron chi connectivity index (χ0n) is 36.5. The van der Waals surface area contributed by atoms with Crippen molar-refractivity contribution in [1.29, 1.82) is 0 Å². The number of hydrogen-bond donors (Lipinski definition) is 0. The van der Waals surface area contributed by atoms with Gasteiger partial charge in [0.2, 0.25) is 0 Å². The topological polar surface area (TPSA) is 6.48 Å². The molecule has 0 aromatic rings. The van der Waals surface area contributed by atoms with Crippen LogP contribution in [0.2, 0.25) is 0 Å². The van der Waals surface area contributed by atoms with Crippen molar-refractivity contribution in [3.8, 4) is 0 Å². The fourth-order valence-electron chi connectivity index (χ4n) is 15.3. The molecule has 0 radical (unpaired) electrons. The van der Waals surface area contributed by atoms with E-state index in [4.69, 9.17) is 0 Å². The average Bonchev–Trinajstić information content (AvgIpc) is 3.20. The third-order valence-corrected chi connectivity index (χ3v) is 19.0. The van der Waals surface area contributed by atoms with Crippen LogP contribution in [0.15, 0.2) is 12.2 Å². The predicted molar refractivity (Wildman–Crippen MR) is 232 cm³/mol. The minimum Gasteiger partial charge on any atom is -0.294 e. The maximum Gasteiger partial charge on any atom is 0.0104 e. The zero-order valence-corrected chi connectivity index (χ0v) is 36.5. The van der Waals surface area contributed by atoms with Gasteiger partial charge < -0.3 is 0 Å². The number of rotatable bonds is 9. The summed E-state index contributed by atoms with van der Waals surface area (Å²) >= 11 is 0. The van der Waals surface area contributed by atoms with E-state index in [2.05, 4.69) is 49.6 Å². The summed E-state index contributed by atoms with van der Waals surface area (Å²) in [5, 5.41) is 0. The largest absolute Gasteiger partial charge is 0.294 e. The minimum atomic E-state index is 0.883. The molecule has 0 aromatic heterocycles. The van der Waals surface area contributed by atoms with Gasteiger partial charge in [0.05, 0.1) is 0 Å². The molecule has 0 aromatic carbocycles. The van der Waals surface area contributed by atoms with Crippen LogP contribution in [0.5, 0.6) is 0 Å². The molecule has 8 rings (SSSR count). The highest BCUT2D eigenvalue weighted by Crippen LogP contribution is 2.48. The van der Waals surface area contributed by atoms with Crippen molar-refractivity contribution in [2.45, 2.75) is 257 Å². The lowest BCUT2D eigenvalue weighted by atomic mass is 9.65. The van der Waals surface area contributed by atoms with Gasteiger partial charge in [-0.2, -0.15) is 0 Å². The molecule has 8 fully saturated rings. The Morgan fingerprint density at radius 2 is 0.537 bits per heavy atom. The highest BCUT2D eigenvalue weighted by atomic mass is 15.2. The molecule has 0 bridgehead atoms. The van der Waals surface area contributed by atoms with E-state index in [0.717, 1.165) is 95.4 Å². The molecule has 0 amide bonds. The number of allylic oxidation sites excluding steroid dienone is 2. The van der Waals surface area contributed by atoms with Crippen molar-refractivity contribution in [3.05, 3.63) is 12.2 Å². The summed E-state index contributed by atoms with van der Waals surface area (Å²) in [5.74, 6) is 9.76. The van der Waals surface area contributed by atoms with Crippen molar-refractivity contribution in [3.63, 3.8) is 0 Å². The predicted octanol–water partition coefficient (Wildman–Crippen LogP) is 14.4. The Morgan fingerprint density at radius 1 is 0.259 bits per heavy atom. The van der Waals surface area contributed by atoms with Crippen LogP contribution in [0.4, 0.5) is 0 Å². The first kappa shape index (κ1) is 40.4. The van der Waals surface area contributed by atoms with Crippen LogP contribution in [0.3, 0.4) is 0 Å². The fraction of sp³-hybridized carbons (Fsp3) is 0.962. The lowest BCUT2D eigenvalue weighted by Gasteiger charge is -2.52. The number of fused-ring (bicyclic) bond motifs is 1. The molecule has 0 saturated heterocycles. The van der Waals surface area contributed by atoms with Crippen LogP contribution in [0.25, 0.3) is 0 Å². The first-order valence-electron chi connectivity index (χ1n) is 25.6. The average molecular weight is 743 g/mol. The number of nitrogens with zero attached hydrogens (tertiary/aromatic N) is 2. The summed E-state index contributed by atoms with van der Waals surface area (Å²) in [7, 11) is 0. The summed E-state index contributed by atoms with van der Waals surface area (Å²) < 4.78 is 0. The van der Waals surface area contributed by atoms with Crippen LogP contribution in [-0.4, -0.2) is 46.1 Å². The monoisotopic (exact) mass is 743 g/mol. The van der Waals surface area contributed by atoms with Crippen molar-refractivity contribution in [2.24, 2.45) is 59.2 Å². The van der Waals surface area contributed by atoms with Crippen LogP contribution in [-0.2, 0) is 0 Å². The first-order valence-corrected chi connectivity index (χ1v) is 25.6. The van der Waals surface area contributed by atoms with Gasteiger partial charge in [-0.15, -0.1) is 0 Å². The third kappa shape index (κ3) is 10.1. The number of hydrogen-bond acceptors (Lipinski definition) is 2. The summed E-state index contributed by atoms with van der Waals surface area (Å²) in [4.78, 5) is 6.44. The molecule has 4 unspecified atom stereocenters. The Kier molecular flexibility index (Phi) is 14.3. The van der Waals surface area contributed by atoms with Gasteiger partial charge in [0.25, 0.3) is 0 Å². The Morgan fingerprint density at radius 3 is 0.981 bits per heavy atom. The smallest absolute Gasteiger partial charge is 0.0104 e. The van der Waals surface area contributed by atoms with Gasteiger partial charge >= 0.3 is 0 Å². The van der Waals surface area contributed by atoms with Crippen LogP contribution in [0, 0.1) is 59.2 Å². The van der Waals surface area contributed by atoms with Crippen molar-refractivity contribution in [2.75, 3.05) is 0 Å². The first-order chi connectivity index (χ1) is 26.4. The van der Waals surface area contributed by atoms with E-state index in [1.54, 1.807) is 19.3 Å². The van der Waals surface area contributed by atoms with E-state index in [0.29, 0.717) is 0 Å². The molecule has 2 heteroatoms. The molecule has 2 nitrogen and oxygen atoms in total. The zero-order chi connectivity index (χ0) is 37.0. The standard InChI is InChI=1S/C52H90N2/c1-37-5-24-47(25-6-37)53(48-26-7-38(2)8-27-48)51-32-21-44(22-33-51)43-18-15-41(16-19-43)13-14-42-17-20-46-36-52(34-23-45(46)35-42)54(49-28-9-39(3)10-29-49)50-30-11-40(4)12-31-50/h13-14,37-52H,5-12,15-36H2,1-4H3/b14-13+. The molecule has 8 saturated carbocycles. The SMILES string of the molecule is CC1CCC(N(C2CCC(C)CC2)C2CCC(C3CCC(/C=C/C4CCC5CC(N(C6CCC(C)CC6)C6CCC(C)CC6)CCC5C4)CC3)CC2)CC1. The quantitative estimate of drug-likeness (QED) is 0.217. The Labute approximate surface area is 336 Å². The second kappa shape index (κ2) is 19.2. The van der Waals surface area contributed by atoms with Crippen molar-refractivity contribution >= 4 is 0 Å². The van der Waals surface area contributed by atoms with E-state index in [1.807, 2.05) is 0 Å². The molecule has 8 aliphatic carbocycles. The highest BCUT2D eigenvalue weighted by Gasteiger charge is 2.43. The van der Waals surface area contributed by atoms with E-state index in [1.165, 1.54) is 173 Å². The van der Waals surface area contributed by atoms with Gasteiger partial charge in [0, 0.05) is 36.3 Å². The summed E-state index contributed by atoms with van der Waals surface area (Å²) in [6.07, 6.45) is 50.7. The molecule has 54 heavy (non-hydrogen) atoms. The molecular formula is C52H90N2.